The maximum Gasteiger partial charge on any atom is 0.214 e. The summed E-state index contributed by atoms with van der Waals surface area (Å²) >= 11 is 0. The summed E-state index contributed by atoms with van der Waals surface area (Å²) in [6.07, 6.45) is 4.25. The van der Waals surface area contributed by atoms with E-state index in [0.717, 1.165) is 19.3 Å². The van der Waals surface area contributed by atoms with Gasteiger partial charge in [-0.15, -0.1) is 0 Å². The van der Waals surface area contributed by atoms with Crippen LogP contribution in [0.2, 0.25) is 0 Å². The van der Waals surface area contributed by atoms with Crippen molar-refractivity contribution in [3.63, 3.8) is 0 Å². The molecule has 0 aliphatic carbocycles. The maximum absolute atomic E-state index is 11.7. The lowest BCUT2D eigenvalue weighted by atomic mass is 10.2. The van der Waals surface area contributed by atoms with E-state index in [1.165, 1.54) is 0 Å². The van der Waals surface area contributed by atoms with Crippen molar-refractivity contribution in [2.24, 2.45) is 0 Å². The van der Waals surface area contributed by atoms with Gasteiger partial charge in [0.05, 0.1) is 5.75 Å². The third-order valence-corrected chi connectivity index (χ3v) is 4.48. The summed E-state index contributed by atoms with van der Waals surface area (Å²) in [6.45, 7) is 1.44. The molecule has 0 spiro atoms. The molecule has 0 aromatic heterocycles. The lowest BCUT2D eigenvalue weighted by Crippen LogP contribution is -2.37. The smallest absolute Gasteiger partial charge is 0.214 e. The van der Waals surface area contributed by atoms with Gasteiger partial charge in [-0.2, -0.15) is 0 Å². The van der Waals surface area contributed by atoms with Crippen molar-refractivity contribution >= 4 is 10.0 Å². The number of hydrogen-bond acceptors (Lipinski definition) is 3. The standard InChI is InChI=1S/C9H19NO3S/c11-8-4-5-9-14(12,13)10-6-2-1-3-7-10/h11H,1-9H2. The number of nitrogens with zero attached hydrogens (tertiary/aromatic N) is 1. The van der Waals surface area contributed by atoms with Gasteiger partial charge >= 0.3 is 0 Å². The molecule has 0 bridgehead atoms. The first-order chi connectivity index (χ1) is 6.67. The van der Waals surface area contributed by atoms with Gasteiger partial charge in [-0.05, 0) is 25.7 Å². The van der Waals surface area contributed by atoms with Gasteiger partial charge in [0, 0.05) is 19.7 Å². The van der Waals surface area contributed by atoms with Crippen molar-refractivity contribution < 1.29 is 13.5 Å². The van der Waals surface area contributed by atoms with Crippen LogP contribution in [0.25, 0.3) is 0 Å². The molecule has 0 aromatic carbocycles. The third-order valence-electron chi connectivity index (χ3n) is 2.52. The minimum atomic E-state index is -3.03. The van der Waals surface area contributed by atoms with Crippen LogP contribution in [-0.2, 0) is 10.0 Å². The van der Waals surface area contributed by atoms with Crippen molar-refractivity contribution in [3.05, 3.63) is 0 Å². The van der Waals surface area contributed by atoms with E-state index in [1.54, 1.807) is 4.31 Å². The zero-order valence-electron chi connectivity index (χ0n) is 8.48. The second kappa shape index (κ2) is 5.68. The summed E-state index contributed by atoms with van der Waals surface area (Å²) in [5.41, 5.74) is 0. The van der Waals surface area contributed by atoms with E-state index in [1.807, 2.05) is 0 Å². The van der Waals surface area contributed by atoms with Crippen molar-refractivity contribution in [2.75, 3.05) is 25.4 Å². The SMILES string of the molecule is O=S(=O)(CCCCO)N1CCCCC1. The van der Waals surface area contributed by atoms with Crippen LogP contribution in [-0.4, -0.2) is 43.3 Å². The minimum Gasteiger partial charge on any atom is -0.396 e. The van der Waals surface area contributed by atoms with Crippen molar-refractivity contribution in [3.8, 4) is 0 Å². The summed E-state index contributed by atoms with van der Waals surface area (Å²) in [5, 5.41) is 8.57. The number of aliphatic hydroxyl groups excluding tert-OH is 1. The monoisotopic (exact) mass is 221 g/mol. The van der Waals surface area contributed by atoms with E-state index in [-0.39, 0.29) is 12.4 Å². The van der Waals surface area contributed by atoms with Gasteiger partial charge in [0.25, 0.3) is 0 Å². The zero-order chi connectivity index (χ0) is 10.4. The molecular weight excluding hydrogens is 202 g/mol. The first-order valence-corrected chi connectivity index (χ1v) is 6.86. The molecule has 0 radical (unpaired) electrons. The minimum absolute atomic E-state index is 0.0789. The second-order valence-corrected chi connectivity index (χ2v) is 5.79. The van der Waals surface area contributed by atoms with Gasteiger partial charge < -0.3 is 5.11 Å². The molecule has 4 nitrogen and oxygen atoms in total. The normalized spacial score (nSPS) is 19.8. The van der Waals surface area contributed by atoms with E-state index in [2.05, 4.69) is 0 Å². The van der Waals surface area contributed by atoms with E-state index in [0.29, 0.717) is 25.9 Å². The Hall–Kier alpha value is -0.130. The molecule has 1 fully saturated rings. The van der Waals surface area contributed by atoms with Gasteiger partial charge in [-0.1, -0.05) is 6.42 Å². The quantitative estimate of drug-likeness (QED) is 0.691. The van der Waals surface area contributed by atoms with Gasteiger partial charge in [0.1, 0.15) is 0 Å². The molecule has 14 heavy (non-hydrogen) atoms. The number of hydrogen-bond donors (Lipinski definition) is 1. The van der Waals surface area contributed by atoms with Crippen LogP contribution in [0.1, 0.15) is 32.1 Å². The molecule has 0 aromatic rings. The van der Waals surface area contributed by atoms with Crippen LogP contribution in [0.15, 0.2) is 0 Å². The van der Waals surface area contributed by atoms with Gasteiger partial charge in [0.2, 0.25) is 10.0 Å². The van der Waals surface area contributed by atoms with E-state index < -0.39 is 10.0 Å². The molecule has 1 aliphatic rings. The van der Waals surface area contributed by atoms with Crippen molar-refractivity contribution in [1.29, 1.82) is 0 Å². The highest BCUT2D eigenvalue weighted by Gasteiger charge is 2.22. The van der Waals surface area contributed by atoms with E-state index in [4.69, 9.17) is 5.11 Å². The van der Waals surface area contributed by atoms with Gasteiger partial charge in [0.15, 0.2) is 0 Å². The summed E-state index contributed by atoms with van der Waals surface area (Å²) in [5.74, 6) is 0.188. The fraction of sp³-hybridized carbons (Fsp3) is 1.00. The van der Waals surface area contributed by atoms with Crippen LogP contribution in [0.3, 0.4) is 0 Å². The average Bonchev–Trinajstić information content (AvgIpc) is 2.19. The molecule has 5 heteroatoms. The van der Waals surface area contributed by atoms with E-state index >= 15 is 0 Å². The largest absolute Gasteiger partial charge is 0.396 e. The average molecular weight is 221 g/mol. The number of piperidine rings is 1. The number of rotatable bonds is 5. The highest BCUT2D eigenvalue weighted by molar-refractivity contribution is 7.89. The zero-order valence-corrected chi connectivity index (χ0v) is 9.30. The fourth-order valence-corrected chi connectivity index (χ4v) is 3.31. The van der Waals surface area contributed by atoms with E-state index in [9.17, 15) is 8.42 Å². The number of aliphatic hydroxyl groups is 1. The lowest BCUT2D eigenvalue weighted by Gasteiger charge is -2.25. The molecule has 0 amide bonds. The molecule has 0 saturated carbocycles. The predicted octanol–water partition coefficient (Wildman–Crippen LogP) is 0.575. The Balaban J connectivity index is 2.38. The first kappa shape index (κ1) is 11.9. The summed E-state index contributed by atoms with van der Waals surface area (Å²) < 4.78 is 25.0. The summed E-state index contributed by atoms with van der Waals surface area (Å²) in [4.78, 5) is 0. The molecule has 1 heterocycles. The Labute approximate surface area is 86.0 Å². The van der Waals surface area contributed by atoms with Gasteiger partial charge in [-0.25, -0.2) is 12.7 Å². The number of unbranched alkanes of at least 4 members (excludes halogenated alkanes) is 1. The molecule has 1 aliphatic heterocycles. The molecule has 0 atom stereocenters. The van der Waals surface area contributed by atoms with Gasteiger partial charge in [-0.3, -0.25) is 0 Å². The Kier molecular flexibility index (Phi) is 4.84. The summed E-state index contributed by atoms with van der Waals surface area (Å²) in [6, 6.07) is 0. The predicted molar refractivity (Wildman–Crippen MR) is 55.5 cm³/mol. The molecule has 1 saturated heterocycles. The first-order valence-electron chi connectivity index (χ1n) is 5.25. The highest BCUT2D eigenvalue weighted by atomic mass is 32.2. The molecule has 1 N–H and O–H groups in total. The second-order valence-electron chi connectivity index (χ2n) is 3.71. The highest BCUT2D eigenvalue weighted by Crippen LogP contribution is 2.14. The Morgan fingerprint density at radius 1 is 1.07 bits per heavy atom. The molecular formula is C9H19NO3S. The molecule has 0 unspecified atom stereocenters. The Morgan fingerprint density at radius 2 is 1.71 bits per heavy atom. The maximum atomic E-state index is 11.7. The third kappa shape index (κ3) is 3.55. The van der Waals surface area contributed by atoms with Crippen LogP contribution in [0, 0.1) is 0 Å². The lowest BCUT2D eigenvalue weighted by molar-refractivity contribution is 0.286. The van der Waals surface area contributed by atoms with Crippen LogP contribution in [0.4, 0.5) is 0 Å². The van der Waals surface area contributed by atoms with Crippen LogP contribution < -0.4 is 0 Å². The van der Waals surface area contributed by atoms with Crippen LogP contribution in [0.5, 0.6) is 0 Å². The van der Waals surface area contributed by atoms with Crippen molar-refractivity contribution in [1.82, 2.24) is 4.31 Å². The topological polar surface area (TPSA) is 57.6 Å². The Morgan fingerprint density at radius 3 is 2.29 bits per heavy atom. The van der Waals surface area contributed by atoms with Crippen LogP contribution >= 0.6 is 0 Å². The number of sulfonamides is 1. The molecule has 1 rings (SSSR count). The molecule has 84 valence electrons. The summed E-state index contributed by atoms with van der Waals surface area (Å²) in [7, 11) is -3.03. The van der Waals surface area contributed by atoms with Crippen molar-refractivity contribution in [2.45, 2.75) is 32.1 Å². The Bertz CT molecular complexity index is 245. The fourth-order valence-electron chi connectivity index (χ4n) is 1.67.